The normalized spacial score (nSPS) is 14.9. The number of fused-ring (bicyclic) bond motifs is 1. The summed E-state index contributed by atoms with van der Waals surface area (Å²) in [4.78, 5) is 1.33. The highest BCUT2D eigenvalue weighted by atomic mass is 79.9. The van der Waals surface area contributed by atoms with Gasteiger partial charge >= 0.3 is 0 Å². The van der Waals surface area contributed by atoms with Crippen molar-refractivity contribution < 1.29 is 4.74 Å². The monoisotopic (exact) mass is 351 g/mol. The minimum atomic E-state index is 0.211. The highest BCUT2D eigenvalue weighted by molar-refractivity contribution is 9.11. The van der Waals surface area contributed by atoms with Crippen LogP contribution in [-0.4, -0.2) is 13.2 Å². The Hall–Kier alpha value is -0.840. The molecule has 1 aliphatic heterocycles. The lowest BCUT2D eigenvalue weighted by molar-refractivity contribution is 0.351. The Morgan fingerprint density at radius 1 is 1.45 bits per heavy atom. The molecule has 4 heteroatoms. The van der Waals surface area contributed by atoms with E-state index in [9.17, 15) is 0 Å². The molecule has 0 amide bonds. The predicted molar refractivity (Wildman–Crippen MR) is 87.9 cm³/mol. The zero-order valence-corrected chi connectivity index (χ0v) is 14.1. The van der Waals surface area contributed by atoms with Gasteiger partial charge in [-0.2, -0.15) is 0 Å². The lowest BCUT2D eigenvalue weighted by atomic mass is 10.0. The van der Waals surface area contributed by atoms with Crippen molar-refractivity contribution in [3.8, 4) is 5.75 Å². The zero-order valence-electron chi connectivity index (χ0n) is 11.7. The van der Waals surface area contributed by atoms with Gasteiger partial charge in [0, 0.05) is 16.9 Å². The average molecular weight is 352 g/mol. The third kappa shape index (κ3) is 2.52. The first kappa shape index (κ1) is 14.1. The molecule has 2 heterocycles. The quantitative estimate of drug-likeness (QED) is 0.878. The maximum absolute atomic E-state index is 5.87. The summed E-state index contributed by atoms with van der Waals surface area (Å²) in [5, 5.41) is 3.60. The third-order valence-corrected chi connectivity index (χ3v) is 5.83. The summed E-state index contributed by atoms with van der Waals surface area (Å²) in [5.41, 5.74) is 3.88. The summed E-state index contributed by atoms with van der Waals surface area (Å²) >= 11 is 5.43. The molecule has 2 nitrogen and oxygen atoms in total. The second kappa shape index (κ2) is 5.88. The second-order valence-electron chi connectivity index (χ2n) is 5.03. The van der Waals surface area contributed by atoms with Crippen molar-refractivity contribution in [3.05, 3.63) is 49.6 Å². The van der Waals surface area contributed by atoms with E-state index < -0.39 is 0 Å². The van der Waals surface area contributed by atoms with Crippen LogP contribution in [0.3, 0.4) is 0 Å². The third-order valence-electron chi connectivity index (χ3n) is 3.62. The maximum atomic E-state index is 5.87. The largest absolute Gasteiger partial charge is 0.493 e. The maximum Gasteiger partial charge on any atom is 0.127 e. The van der Waals surface area contributed by atoms with E-state index in [2.05, 4.69) is 59.4 Å². The van der Waals surface area contributed by atoms with E-state index in [0.717, 1.165) is 25.3 Å². The van der Waals surface area contributed by atoms with Crippen molar-refractivity contribution in [1.29, 1.82) is 0 Å². The van der Waals surface area contributed by atoms with Crippen LogP contribution >= 0.6 is 27.3 Å². The van der Waals surface area contributed by atoms with E-state index in [4.69, 9.17) is 4.74 Å². The molecular weight excluding hydrogens is 334 g/mol. The summed E-state index contributed by atoms with van der Waals surface area (Å²) in [5.74, 6) is 1.08. The first-order valence-electron chi connectivity index (χ1n) is 6.94. The topological polar surface area (TPSA) is 21.3 Å². The number of hydrogen-bond acceptors (Lipinski definition) is 3. The van der Waals surface area contributed by atoms with E-state index >= 15 is 0 Å². The molecule has 1 aromatic heterocycles. The van der Waals surface area contributed by atoms with Gasteiger partial charge in [0.05, 0.1) is 16.4 Å². The van der Waals surface area contributed by atoms with E-state index in [1.807, 2.05) is 0 Å². The molecule has 0 bridgehead atoms. The Bertz CT molecular complexity index is 603. The smallest absolute Gasteiger partial charge is 0.127 e. The molecule has 0 fully saturated rings. The molecule has 0 spiro atoms. The summed E-state index contributed by atoms with van der Waals surface area (Å²) in [6.07, 6.45) is 1.02. The van der Waals surface area contributed by atoms with Crippen molar-refractivity contribution in [2.75, 3.05) is 13.2 Å². The van der Waals surface area contributed by atoms with Gasteiger partial charge in [0.25, 0.3) is 0 Å². The summed E-state index contributed by atoms with van der Waals surface area (Å²) in [6, 6.07) is 8.97. The van der Waals surface area contributed by atoms with Gasteiger partial charge in [-0.05, 0) is 46.6 Å². The van der Waals surface area contributed by atoms with Crippen LogP contribution in [0.4, 0.5) is 0 Å². The van der Waals surface area contributed by atoms with Crippen LogP contribution in [0, 0.1) is 6.92 Å². The molecule has 106 valence electrons. The lowest BCUT2D eigenvalue weighted by Crippen LogP contribution is -2.21. The summed E-state index contributed by atoms with van der Waals surface area (Å²) < 4.78 is 7.08. The Kier molecular flexibility index (Phi) is 4.15. The summed E-state index contributed by atoms with van der Waals surface area (Å²) in [7, 11) is 0. The fraction of sp³-hybridized carbons (Fsp3) is 0.375. The first-order valence-corrected chi connectivity index (χ1v) is 8.55. The fourth-order valence-electron chi connectivity index (χ4n) is 2.66. The van der Waals surface area contributed by atoms with E-state index in [1.165, 1.54) is 25.4 Å². The number of hydrogen-bond donors (Lipinski definition) is 1. The van der Waals surface area contributed by atoms with E-state index in [1.54, 1.807) is 11.3 Å². The number of benzene rings is 1. The molecule has 20 heavy (non-hydrogen) atoms. The van der Waals surface area contributed by atoms with Crippen LogP contribution in [0.1, 0.15) is 34.5 Å². The zero-order chi connectivity index (χ0) is 14.1. The lowest BCUT2D eigenvalue weighted by Gasteiger charge is -2.19. The average Bonchev–Trinajstić information content (AvgIpc) is 3.03. The number of nitrogens with one attached hydrogen (secondary N) is 1. The van der Waals surface area contributed by atoms with Crippen molar-refractivity contribution in [2.45, 2.75) is 26.3 Å². The first-order chi connectivity index (χ1) is 9.70. The molecule has 0 radical (unpaired) electrons. The van der Waals surface area contributed by atoms with Crippen LogP contribution < -0.4 is 10.1 Å². The highest BCUT2D eigenvalue weighted by Gasteiger charge is 2.24. The SMILES string of the molecule is CCNC(c1cc(C)c(Br)s1)c1cccc2c1OCC2. The van der Waals surface area contributed by atoms with Crippen LogP contribution in [0.15, 0.2) is 28.1 Å². The van der Waals surface area contributed by atoms with Crippen LogP contribution in [0.5, 0.6) is 5.75 Å². The number of aryl methyl sites for hydroxylation is 1. The molecule has 2 aromatic rings. The van der Waals surface area contributed by atoms with Gasteiger partial charge in [-0.1, -0.05) is 25.1 Å². The van der Waals surface area contributed by atoms with Crippen molar-refractivity contribution in [1.82, 2.24) is 5.32 Å². The minimum absolute atomic E-state index is 0.211. The molecule has 1 aromatic carbocycles. The van der Waals surface area contributed by atoms with Gasteiger partial charge in [0.15, 0.2) is 0 Å². The number of ether oxygens (including phenoxy) is 1. The standard InChI is InChI=1S/C16H18BrNOS/c1-3-18-14(13-9-10(2)16(17)20-13)12-6-4-5-11-7-8-19-15(11)12/h4-6,9,14,18H,3,7-8H2,1-2H3. The molecular formula is C16H18BrNOS. The molecule has 1 aliphatic rings. The van der Waals surface area contributed by atoms with Gasteiger partial charge in [0.2, 0.25) is 0 Å². The van der Waals surface area contributed by atoms with Crippen molar-refractivity contribution in [2.24, 2.45) is 0 Å². The van der Waals surface area contributed by atoms with Crippen LogP contribution in [0.2, 0.25) is 0 Å². The Balaban J connectivity index is 2.05. The van der Waals surface area contributed by atoms with Gasteiger partial charge in [-0.15, -0.1) is 11.3 Å². The second-order valence-corrected chi connectivity index (χ2v) is 7.43. The van der Waals surface area contributed by atoms with Crippen molar-refractivity contribution in [3.63, 3.8) is 0 Å². The Morgan fingerprint density at radius 2 is 2.30 bits per heavy atom. The predicted octanol–water partition coefficient (Wildman–Crippen LogP) is 4.45. The van der Waals surface area contributed by atoms with Crippen molar-refractivity contribution >= 4 is 27.3 Å². The Labute approximate surface area is 132 Å². The number of para-hydroxylation sites is 1. The number of halogens is 1. The van der Waals surface area contributed by atoms with Gasteiger partial charge in [-0.25, -0.2) is 0 Å². The molecule has 1 N–H and O–H groups in total. The molecule has 0 saturated heterocycles. The van der Waals surface area contributed by atoms with Crippen LogP contribution in [0.25, 0.3) is 0 Å². The number of thiophene rings is 1. The van der Waals surface area contributed by atoms with Gasteiger partial charge in [-0.3, -0.25) is 0 Å². The fourth-order valence-corrected chi connectivity index (χ4v) is 4.33. The highest BCUT2D eigenvalue weighted by Crippen LogP contribution is 2.40. The van der Waals surface area contributed by atoms with Gasteiger partial charge in [0.1, 0.15) is 5.75 Å². The van der Waals surface area contributed by atoms with Gasteiger partial charge < -0.3 is 10.1 Å². The molecule has 1 atom stereocenters. The molecule has 3 rings (SSSR count). The molecule has 1 unspecified atom stereocenters. The molecule has 0 saturated carbocycles. The minimum Gasteiger partial charge on any atom is -0.493 e. The number of rotatable bonds is 4. The molecule has 0 aliphatic carbocycles. The van der Waals surface area contributed by atoms with Crippen LogP contribution in [-0.2, 0) is 6.42 Å². The van der Waals surface area contributed by atoms with E-state index in [-0.39, 0.29) is 6.04 Å². The van der Waals surface area contributed by atoms with E-state index in [0.29, 0.717) is 0 Å². The Morgan fingerprint density at radius 3 is 3.00 bits per heavy atom. The summed E-state index contributed by atoms with van der Waals surface area (Å²) in [6.45, 7) is 6.02.